The predicted molar refractivity (Wildman–Crippen MR) is 84.2 cm³/mol. The summed E-state index contributed by atoms with van der Waals surface area (Å²) < 4.78 is 11.1. The van der Waals surface area contributed by atoms with E-state index in [1.54, 1.807) is 0 Å². The highest BCUT2D eigenvalue weighted by atomic mass is 16.5. The van der Waals surface area contributed by atoms with Crippen molar-refractivity contribution in [1.29, 1.82) is 0 Å². The lowest BCUT2D eigenvalue weighted by Crippen LogP contribution is -2.23. The van der Waals surface area contributed by atoms with Crippen LogP contribution in [-0.4, -0.2) is 29.3 Å². The Bertz CT molecular complexity index is 690. The van der Waals surface area contributed by atoms with Crippen LogP contribution in [0.25, 0.3) is 0 Å². The second-order valence-corrected chi connectivity index (χ2v) is 5.95. The van der Waals surface area contributed by atoms with E-state index in [1.807, 2.05) is 32.0 Å². The van der Waals surface area contributed by atoms with E-state index in [-0.39, 0.29) is 18.4 Å². The number of nitrogens with zero attached hydrogens (tertiary/aromatic N) is 2. The summed E-state index contributed by atoms with van der Waals surface area (Å²) in [5.41, 5.74) is 2.75. The van der Waals surface area contributed by atoms with Crippen molar-refractivity contribution in [3.05, 3.63) is 46.7 Å². The molecule has 2 heterocycles. The summed E-state index contributed by atoms with van der Waals surface area (Å²) in [6.45, 7) is 5.58. The van der Waals surface area contributed by atoms with Gasteiger partial charge in [0.2, 0.25) is 11.8 Å². The minimum atomic E-state index is -0.136. The van der Waals surface area contributed by atoms with E-state index in [2.05, 4.69) is 15.5 Å². The average molecular weight is 315 g/mol. The Morgan fingerprint density at radius 3 is 2.96 bits per heavy atom. The van der Waals surface area contributed by atoms with E-state index in [0.29, 0.717) is 24.0 Å². The topological polar surface area (TPSA) is 77.2 Å². The molecule has 2 aromatic rings. The zero-order valence-electron chi connectivity index (χ0n) is 13.5. The number of hydrogen-bond acceptors (Lipinski definition) is 5. The fourth-order valence-corrected chi connectivity index (χ4v) is 2.76. The van der Waals surface area contributed by atoms with Crippen LogP contribution < -0.4 is 5.32 Å². The molecule has 6 heteroatoms. The highest BCUT2D eigenvalue weighted by molar-refractivity contribution is 5.95. The largest absolute Gasteiger partial charge is 0.423 e. The zero-order chi connectivity index (χ0) is 16.2. The summed E-state index contributed by atoms with van der Waals surface area (Å²) in [4.78, 5) is 12.2. The zero-order valence-corrected chi connectivity index (χ0v) is 13.5. The van der Waals surface area contributed by atoms with E-state index < -0.39 is 0 Å². The molecule has 1 aliphatic heterocycles. The molecule has 1 N–H and O–H groups in total. The molecule has 1 unspecified atom stereocenters. The van der Waals surface area contributed by atoms with Crippen molar-refractivity contribution in [2.24, 2.45) is 0 Å². The van der Waals surface area contributed by atoms with Gasteiger partial charge in [-0.05, 0) is 38.3 Å². The van der Waals surface area contributed by atoms with Crippen LogP contribution in [0.4, 0.5) is 0 Å². The van der Waals surface area contributed by atoms with Crippen molar-refractivity contribution in [1.82, 2.24) is 15.5 Å². The third-order valence-electron chi connectivity index (χ3n) is 4.02. The Labute approximate surface area is 135 Å². The molecule has 0 saturated carbocycles. The number of hydrogen-bond donors (Lipinski definition) is 1. The van der Waals surface area contributed by atoms with Crippen LogP contribution in [-0.2, 0) is 11.3 Å². The molecule has 1 fully saturated rings. The van der Waals surface area contributed by atoms with Crippen molar-refractivity contribution in [3.63, 3.8) is 0 Å². The smallest absolute Gasteiger partial charge is 0.251 e. The van der Waals surface area contributed by atoms with Gasteiger partial charge in [-0.3, -0.25) is 4.79 Å². The first-order chi connectivity index (χ1) is 11.1. The molecule has 1 saturated heterocycles. The van der Waals surface area contributed by atoms with Crippen LogP contribution in [0.15, 0.2) is 22.6 Å². The Morgan fingerprint density at radius 1 is 1.35 bits per heavy atom. The van der Waals surface area contributed by atoms with Crippen molar-refractivity contribution in [2.75, 3.05) is 13.2 Å². The molecule has 3 rings (SSSR count). The monoisotopic (exact) mass is 315 g/mol. The number of amides is 1. The first kappa shape index (κ1) is 15.7. The summed E-state index contributed by atoms with van der Waals surface area (Å²) >= 11 is 0. The maximum absolute atomic E-state index is 12.2. The highest BCUT2D eigenvalue weighted by Crippen LogP contribution is 2.24. The Morgan fingerprint density at radius 2 is 2.22 bits per heavy atom. The predicted octanol–water partition coefficient (Wildman–Crippen LogP) is 2.51. The van der Waals surface area contributed by atoms with Crippen molar-refractivity contribution < 1.29 is 13.9 Å². The lowest BCUT2D eigenvalue weighted by Gasteiger charge is -2.18. The number of rotatable bonds is 4. The maximum atomic E-state index is 12.2. The van der Waals surface area contributed by atoms with E-state index in [0.717, 1.165) is 30.6 Å². The van der Waals surface area contributed by atoms with Gasteiger partial charge in [0.1, 0.15) is 0 Å². The molecule has 23 heavy (non-hydrogen) atoms. The SMILES string of the molecule is Cc1ccc(C(=O)NCc2nnc(C3CCCOC3)o2)c(C)c1. The van der Waals surface area contributed by atoms with Crippen LogP contribution in [0.1, 0.15) is 52.0 Å². The second kappa shape index (κ2) is 6.91. The van der Waals surface area contributed by atoms with Crippen molar-refractivity contribution >= 4 is 5.91 Å². The molecule has 0 spiro atoms. The molecule has 1 aromatic carbocycles. The molecule has 1 atom stereocenters. The lowest BCUT2D eigenvalue weighted by atomic mass is 10.0. The van der Waals surface area contributed by atoms with E-state index in [9.17, 15) is 4.79 Å². The van der Waals surface area contributed by atoms with Crippen molar-refractivity contribution in [2.45, 2.75) is 39.2 Å². The average Bonchev–Trinajstić information content (AvgIpc) is 3.02. The molecule has 1 aliphatic rings. The summed E-state index contributed by atoms with van der Waals surface area (Å²) in [5.74, 6) is 1.05. The first-order valence-corrected chi connectivity index (χ1v) is 7.89. The second-order valence-electron chi connectivity index (χ2n) is 5.95. The minimum Gasteiger partial charge on any atom is -0.423 e. The molecule has 6 nitrogen and oxygen atoms in total. The molecule has 1 aromatic heterocycles. The van der Waals surface area contributed by atoms with Gasteiger partial charge >= 0.3 is 0 Å². The van der Waals surface area contributed by atoms with Gasteiger partial charge in [0.05, 0.1) is 19.1 Å². The summed E-state index contributed by atoms with van der Waals surface area (Å²) in [7, 11) is 0. The minimum absolute atomic E-state index is 0.136. The number of nitrogens with one attached hydrogen (secondary N) is 1. The van der Waals surface area contributed by atoms with Crippen LogP contribution in [0, 0.1) is 13.8 Å². The molecule has 1 amide bonds. The molecule has 122 valence electrons. The number of benzene rings is 1. The summed E-state index contributed by atoms with van der Waals surface area (Å²) in [6.07, 6.45) is 2.00. The first-order valence-electron chi connectivity index (χ1n) is 7.89. The van der Waals surface area contributed by atoms with E-state index >= 15 is 0 Å². The Hall–Kier alpha value is -2.21. The third-order valence-corrected chi connectivity index (χ3v) is 4.02. The number of aryl methyl sites for hydroxylation is 2. The quantitative estimate of drug-likeness (QED) is 0.938. The molecule has 0 aliphatic carbocycles. The third kappa shape index (κ3) is 3.76. The number of aromatic nitrogens is 2. The standard InChI is InChI=1S/C17H21N3O3/c1-11-5-6-14(12(2)8-11)16(21)18-9-15-19-20-17(23-15)13-4-3-7-22-10-13/h5-6,8,13H,3-4,7,9-10H2,1-2H3,(H,18,21). The van der Waals surface area contributed by atoms with Gasteiger partial charge in [-0.25, -0.2) is 0 Å². The van der Waals surface area contributed by atoms with Gasteiger partial charge in [-0.2, -0.15) is 0 Å². The van der Waals surface area contributed by atoms with Gasteiger partial charge in [-0.1, -0.05) is 17.7 Å². The molecular formula is C17H21N3O3. The number of carbonyl (C=O) groups is 1. The Kier molecular flexibility index (Phi) is 4.71. The van der Waals surface area contributed by atoms with Crippen molar-refractivity contribution in [3.8, 4) is 0 Å². The van der Waals surface area contributed by atoms with Gasteiger partial charge in [0.25, 0.3) is 5.91 Å². The number of carbonyl (C=O) groups excluding carboxylic acids is 1. The molecule has 0 radical (unpaired) electrons. The van der Waals surface area contributed by atoms with Gasteiger partial charge in [0.15, 0.2) is 0 Å². The lowest BCUT2D eigenvalue weighted by molar-refractivity contribution is 0.0720. The normalized spacial score (nSPS) is 17.9. The van der Waals surface area contributed by atoms with E-state index in [4.69, 9.17) is 9.15 Å². The Balaban J connectivity index is 1.59. The molecule has 0 bridgehead atoms. The fraction of sp³-hybridized carbons (Fsp3) is 0.471. The van der Waals surface area contributed by atoms with Crippen LogP contribution >= 0.6 is 0 Å². The highest BCUT2D eigenvalue weighted by Gasteiger charge is 2.22. The van der Waals surface area contributed by atoms with Gasteiger partial charge in [0, 0.05) is 12.2 Å². The van der Waals surface area contributed by atoms with Crippen LogP contribution in [0.2, 0.25) is 0 Å². The van der Waals surface area contributed by atoms with Crippen LogP contribution in [0.5, 0.6) is 0 Å². The van der Waals surface area contributed by atoms with Gasteiger partial charge in [-0.15, -0.1) is 10.2 Å². The molecular weight excluding hydrogens is 294 g/mol. The maximum Gasteiger partial charge on any atom is 0.251 e. The van der Waals surface area contributed by atoms with Gasteiger partial charge < -0.3 is 14.5 Å². The van der Waals surface area contributed by atoms with E-state index in [1.165, 1.54) is 0 Å². The number of ether oxygens (including phenoxy) is 1. The van der Waals surface area contributed by atoms with Crippen LogP contribution in [0.3, 0.4) is 0 Å². The summed E-state index contributed by atoms with van der Waals surface area (Å²) in [5, 5.41) is 10.9. The fourth-order valence-electron chi connectivity index (χ4n) is 2.76. The summed E-state index contributed by atoms with van der Waals surface area (Å²) in [6, 6.07) is 5.75.